The molecule has 0 aliphatic carbocycles. The van der Waals surface area contributed by atoms with Gasteiger partial charge in [0.25, 0.3) is 5.91 Å². The van der Waals surface area contributed by atoms with Crippen LogP contribution in [-0.2, 0) is 16.1 Å². The minimum Gasteiger partial charge on any atom is -0.493 e. The highest BCUT2D eigenvalue weighted by atomic mass is 16.5. The van der Waals surface area contributed by atoms with Crippen LogP contribution in [0.1, 0.15) is 17.2 Å². The van der Waals surface area contributed by atoms with E-state index in [0.717, 1.165) is 11.1 Å². The summed E-state index contributed by atoms with van der Waals surface area (Å²) in [4.78, 5) is 27.3. The fourth-order valence-electron chi connectivity index (χ4n) is 3.94. The second kappa shape index (κ2) is 10.1. The van der Waals surface area contributed by atoms with Crippen LogP contribution in [0.25, 0.3) is 0 Å². The van der Waals surface area contributed by atoms with Gasteiger partial charge in [0, 0.05) is 6.54 Å². The minimum atomic E-state index is -0.653. The number of nitrogens with one attached hydrogen (secondary N) is 1. The molecular formula is C26H26N2O5. The molecule has 170 valence electrons. The van der Waals surface area contributed by atoms with Crippen LogP contribution in [0, 0.1) is 0 Å². The van der Waals surface area contributed by atoms with Crippen molar-refractivity contribution in [2.45, 2.75) is 18.6 Å². The van der Waals surface area contributed by atoms with E-state index >= 15 is 0 Å². The van der Waals surface area contributed by atoms with Gasteiger partial charge in [-0.3, -0.25) is 9.59 Å². The first-order chi connectivity index (χ1) is 16.1. The molecule has 4 rings (SSSR count). The molecule has 1 N–H and O–H groups in total. The molecule has 2 unspecified atom stereocenters. The van der Waals surface area contributed by atoms with Crippen molar-refractivity contribution in [3.05, 3.63) is 90.0 Å². The van der Waals surface area contributed by atoms with Gasteiger partial charge in [0.1, 0.15) is 11.8 Å². The van der Waals surface area contributed by atoms with E-state index in [-0.39, 0.29) is 24.5 Å². The smallest absolute Gasteiger partial charge is 0.258 e. The van der Waals surface area contributed by atoms with Crippen molar-refractivity contribution in [3.63, 3.8) is 0 Å². The van der Waals surface area contributed by atoms with Crippen LogP contribution in [0.5, 0.6) is 17.2 Å². The average Bonchev–Trinajstić information content (AvgIpc) is 2.87. The predicted molar refractivity (Wildman–Crippen MR) is 123 cm³/mol. The van der Waals surface area contributed by atoms with Crippen LogP contribution in [0.4, 0.5) is 0 Å². The molecule has 0 saturated carbocycles. The van der Waals surface area contributed by atoms with E-state index < -0.39 is 6.04 Å². The number of hydrogen-bond donors (Lipinski definition) is 1. The monoisotopic (exact) mass is 446 g/mol. The number of rotatable bonds is 9. The van der Waals surface area contributed by atoms with E-state index in [0.29, 0.717) is 23.8 Å². The van der Waals surface area contributed by atoms with Crippen molar-refractivity contribution in [2.24, 2.45) is 0 Å². The Hall–Kier alpha value is -4.00. The van der Waals surface area contributed by atoms with Crippen LogP contribution in [-0.4, -0.2) is 43.6 Å². The molecule has 2 amide bonds. The second-order valence-corrected chi connectivity index (χ2v) is 7.66. The first-order valence-corrected chi connectivity index (χ1v) is 10.6. The summed E-state index contributed by atoms with van der Waals surface area (Å²) in [5, 5.41) is 2.84. The number of benzene rings is 3. The Balaban J connectivity index is 1.48. The van der Waals surface area contributed by atoms with Crippen LogP contribution in [0.3, 0.4) is 0 Å². The van der Waals surface area contributed by atoms with Crippen LogP contribution < -0.4 is 19.5 Å². The first-order valence-electron chi connectivity index (χ1n) is 10.6. The maximum atomic E-state index is 13.1. The molecule has 0 bridgehead atoms. The minimum absolute atomic E-state index is 0.147. The topological polar surface area (TPSA) is 77.1 Å². The second-order valence-electron chi connectivity index (χ2n) is 7.66. The molecule has 0 spiro atoms. The number of carbonyl (C=O) groups excluding carboxylic acids is 2. The molecule has 1 aliphatic rings. The van der Waals surface area contributed by atoms with Gasteiger partial charge >= 0.3 is 0 Å². The van der Waals surface area contributed by atoms with E-state index in [9.17, 15) is 9.59 Å². The maximum absolute atomic E-state index is 13.1. The molecular weight excluding hydrogens is 420 g/mol. The molecule has 3 aromatic rings. The number of nitrogens with zero attached hydrogens (tertiary/aromatic N) is 1. The Labute approximate surface area is 192 Å². The van der Waals surface area contributed by atoms with Crippen molar-refractivity contribution < 1.29 is 23.8 Å². The van der Waals surface area contributed by atoms with Crippen molar-refractivity contribution >= 4 is 11.8 Å². The van der Waals surface area contributed by atoms with E-state index in [4.69, 9.17) is 14.2 Å². The third kappa shape index (κ3) is 4.92. The lowest BCUT2D eigenvalue weighted by Gasteiger charge is -2.47. The van der Waals surface area contributed by atoms with E-state index in [2.05, 4.69) is 5.32 Å². The zero-order valence-electron chi connectivity index (χ0n) is 18.6. The molecule has 1 heterocycles. The summed E-state index contributed by atoms with van der Waals surface area (Å²) in [7, 11) is 3.16. The third-order valence-corrected chi connectivity index (χ3v) is 5.57. The van der Waals surface area contributed by atoms with Gasteiger partial charge in [0.2, 0.25) is 5.91 Å². The largest absolute Gasteiger partial charge is 0.493 e. The molecule has 0 aromatic heterocycles. The molecule has 7 nitrogen and oxygen atoms in total. The summed E-state index contributed by atoms with van der Waals surface area (Å²) < 4.78 is 16.2. The highest BCUT2D eigenvalue weighted by Crippen LogP contribution is 2.37. The standard InChI is InChI=1S/C26H26N2O5/c1-31-21-14-13-18(15-22(21)32-2)16-28-25(19-9-5-3-6-10-19)24(26(28)30)27-23(29)17-33-20-11-7-4-8-12-20/h3-15,24-25H,16-17H2,1-2H3,(H,27,29). The molecule has 1 fully saturated rings. The van der Waals surface area contributed by atoms with Crippen molar-refractivity contribution in [1.29, 1.82) is 0 Å². The van der Waals surface area contributed by atoms with Gasteiger partial charge in [-0.25, -0.2) is 0 Å². The molecule has 1 aliphatic heterocycles. The Kier molecular flexibility index (Phi) is 6.78. The number of carbonyl (C=O) groups is 2. The summed E-state index contributed by atoms with van der Waals surface area (Å²) in [5.41, 5.74) is 1.85. The molecule has 0 radical (unpaired) electrons. The summed E-state index contributed by atoms with van der Waals surface area (Å²) in [5.74, 6) is 1.33. The fourth-order valence-corrected chi connectivity index (χ4v) is 3.94. The Morgan fingerprint density at radius 2 is 1.58 bits per heavy atom. The highest BCUT2D eigenvalue weighted by Gasteiger charge is 2.48. The van der Waals surface area contributed by atoms with Crippen LogP contribution >= 0.6 is 0 Å². The molecule has 7 heteroatoms. The Bertz CT molecular complexity index is 1100. The summed E-state index contributed by atoms with van der Waals surface area (Å²) in [6, 6.07) is 23.4. The first kappa shape index (κ1) is 22.2. The number of ether oxygens (including phenoxy) is 3. The lowest BCUT2D eigenvalue weighted by Crippen LogP contribution is -2.65. The van der Waals surface area contributed by atoms with Gasteiger partial charge < -0.3 is 24.4 Å². The van der Waals surface area contributed by atoms with Gasteiger partial charge in [-0.1, -0.05) is 54.6 Å². The van der Waals surface area contributed by atoms with Gasteiger partial charge in [-0.15, -0.1) is 0 Å². The summed E-state index contributed by atoms with van der Waals surface area (Å²) >= 11 is 0. The van der Waals surface area contributed by atoms with Crippen LogP contribution in [0.15, 0.2) is 78.9 Å². The molecule has 1 saturated heterocycles. The lowest BCUT2D eigenvalue weighted by atomic mass is 9.87. The van der Waals surface area contributed by atoms with E-state index in [1.54, 1.807) is 31.3 Å². The number of β-lactam (4-membered cyclic amide) rings is 1. The molecule has 33 heavy (non-hydrogen) atoms. The zero-order chi connectivity index (χ0) is 23.2. The Morgan fingerprint density at radius 1 is 0.909 bits per heavy atom. The average molecular weight is 447 g/mol. The van der Waals surface area contributed by atoms with E-state index in [1.807, 2.05) is 66.7 Å². The number of amides is 2. The summed E-state index contributed by atoms with van der Waals surface area (Å²) in [6.07, 6.45) is 0. The van der Waals surface area contributed by atoms with Crippen molar-refractivity contribution in [3.8, 4) is 17.2 Å². The number of para-hydroxylation sites is 1. The van der Waals surface area contributed by atoms with Gasteiger partial charge in [0.05, 0.1) is 20.3 Å². The maximum Gasteiger partial charge on any atom is 0.258 e. The van der Waals surface area contributed by atoms with Gasteiger partial charge in [-0.05, 0) is 35.4 Å². The van der Waals surface area contributed by atoms with E-state index in [1.165, 1.54) is 0 Å². The predicted octanol–water partition coefficient (Wildman–Crippen LogP) is 3.35. The normalized spacial score (nSPS) is 17.2. The van der Waals surface area contributed by atoms with Crippen LogP contribution in [0.2, 0.25) is 0 Å². The third-order valence-electron chi connectivity index (χ3n) is 5.57. The van der Waals surface area contributed by atoms with Crippen molar-refractivity contribution in [1.82, 2.24) is 10.2 Å². The number of hydrogen-bond acceptors (Lipinski definition) is 5. The quantitative estimate of drug-likeness (QED) is 0.510. The van der Waals surface area contributed by atoms with Crippen molar-refractivity contribution in [2.75, 3.05) is 20.8 Å². The van der Waals surface area contributed by atoms with Gasteiger partial charge in [-0.2, -0.15) is 0 Å². The summed E-state index contributed by atoms with van der Waals surface area (Å²) in [6.45, 7) is 0.219. The lowest BCUT2D eigenvalue weighted by molar-refractivity contribution is -0.155. The molecule has 3 aromatic carbocycles. The highest BCUT2D eigenvalue weighted by molar-refractivity contribution is 5.94. The number of methoxy groups -OCH3 is 2. The zero-order valence-corrected chi connectivity index (χ0v) is 18.6. The fraction of sp³-hybridized carbons (Fsp3) is 0.231. The number of likely N-dealkylation sites (tertiary alicyclic amines) is 1. The molecule has 2 atom stereocenters. The Morgan fingerprint density at radius 3 is 2.24 bits per heavy atom. The van der Waals surface area contributed by atoms with Gasteiger partial charge in [0.15, 0.2) is 18.1 Å². The SMILES string of the molecule is COc1ccc(CN2C(=O)C(NC(=O)COc3ccccc3)C2c2ccccc2)cc1OC.